The number of rotatable bonds is 2. The van der Waals surface area contributed by atoms with Crippen LogP contribution >= 0.6 is 0 Å². The number of aromatic nitrogens is 2. The molecule has 2 atom stereocenters. The lowest BCUT2D eigenvalue weighted by Gasteiger charge is -2.43. The fraction of sp³-hybridized carbons (Fsp3) is 0.786. The molecule has 2 unspecified atom stereocenters. The van der Waals surface area contributed by atoms with Crippen molar-refractivity contribution in [2.45, 2.75) is 57.1 Å². The maximum atomic E-state index is 9.98. The zero-order valence-electron chi connectivity index (χ0n) is 11.0. The molecule has 1 N–H and O–H groups in total. The van der Waals surface area contributed by atoms with Gasteiger partial charge in [0, 0.05) is 0 Å². The Labute approximate surface area is 108 Å². The van der Waals surface area contributed by atoms with Crippen molar-refractivity contribution in [3.05, 3.63) is 12.4 Å². The number of aliphatic hydroxyl groups excluding tert-OH is 1. The van der Waals surface area contributed by atoms with Crippen molar-refractivity contribution >= 4 is 0 Å². The van der Waals surface area contributed by atoms with Gasteiger partial charge in [0.1, 0.15) is 0 Å². The Balaban J connectivity index is 1.89. The summed E-state index contributed by atoms with van der Waals surface area (Å²) in [4.78, 5) is 0. The molecule has 0 saturated heterocycles. The minimum atomic E-state index is -0.170. The van der Waals surface area contributed by atoms with E-state index in [0.717, 1.165) is 25.0 Å². The van der Waals surface area contributed by atoms with E-state index in [1.54, 1.807) is 13.3 Å². The van der Waals surface area contributed by atoms with Crippen molar-refractivity contribution in [2.75, 3.05) is 7.11 Å². The van der Waals surface area contributed by atoms with Gasteiger partial charge in [-0.3, -0.25) is 4.68 Å². The minimum absolute atomic E-state index is 0.170. The van der Waals surface area contributed by atoms with Gasteiger partial charge in [-0.05, 0) is 37.5 Å². The number of aliphatic hydroxyl groups is 1. The second-order valence-corrected chi connectivity index (χ2v) is 5.87. The van der Waals surface area contributed by atoms with Crippen LogP contribution in [0.2, 0.25) is 0 Å². The third kappa shape index (κ3) is 1.92. The van der Waals surface area contributed by atoms with E-state index in [2.05, 4.69) is 5.10 Å². The van der Waals surface area contributed by atoms with E-state index in [1.165, 1.54) is 25.7 Å². The summed E-state index contributed by atoms with van der Waals surface area (Å²) in [6.45, 7) is 0. The van der Waals surface area contributed by atoms with Gasteiger partial charge in [-0.1, -0.05) is 12.8 Å². The van der Waals surface area contributed by atoms with Crippen LogP contribution in [0.4, 0.5) is 0 Å². The molecule has 2 fully saturated rings. The summed E-state index contributed by atoms with van der Waals surface area (Å²) < 4.78 is 7.25. The molecule has 1 aromatic heterocycles. The fourth-order valence-electron chi connectivity index (χ4n) is 3.89. The number of methoxy groups -OCH3 is 1. The Bertz CT molecular complexity index is 410. The van der Waals surface area contributed by atoms with Crippen molar-refractivity contribution in [3.8, 4) is 5.75 Å². The van der Waals surface area contributed by atoms with Crippen LogP contribution in [0.15, 0.2) is 12.4 Å². The van der Waals surface area contributed by atoms with Crippen molar-refractivity contribution in [3.63, 3.8) is 0 Å². The summed E-state index contributed by atoms with van der Waals surface area (Å²) in [7, 11) is 1.67. The molecule has 2 aliphatic carbocycles. The van der Waals surface area contributed by atoms with Gasteiger partial charge < -0.3 is 9.84 Å². The molecule has 4 heteroatoms. The van der Waals surface area contributed by atoms with Gasteiger partial charge in [0.2, 0.25) is 0 Å². The molecule has 2 saturated carbocycles. The van der Waals surface area contributed by atoms with Gasteiger partial charge in [0.15, 0.2) is 5.75 Å². The predicted molar refractivity (Wildman–Crippen MR) is 68.6 cm³/mol. The van der Waals surface area contributed by atoms with Crippen LogP contribution in [-0.2, 0) is 0 Å². The van der Waals surface area contributed by atoms with Crippen LogP contribution in [0.25, 0.3) is 0 Å². The Morgan fingerprint density at radius 1 is 1.39 bits per heavy atom. The normalized spacial score (nSPS) is 30.8. The molecule has 0 aromatic carbocycles. The molecule has 2 aliphatic rings. The van der Waals surface area contributed by atoms with Crippen molar-refractivity contribution in [1.29, 1.82) is 0 Å². The molecule has 0 amide bonds. The van der Waals surface area contributed by atoms with Crippen molar-refractivity contribution in [2.24, 2.45) is 5.41 Å². The van der Waals surface area contributed by atoms with Gasteiger partial charge in [0.25, 0.3) is 0 Å². The molecular formula is C14H22N2O2. The smallest absolute Gasteiger partial charge is 0.156 e. The third-order valence-electron chi connectivity index (χ3n) is 4.91. The van der Waals surface area contributed by atoms with Gasteiger partial charge >= 0.3 is 0 Å². The van der Waals surface area contributed by atoms with Crippen LogP contribution in [0.1, 0.15) is 51.0 Å². The lowest BCUT2D eigenvalue weighted by Crippen LogP contribution is -2.38. The molecule has 0 radical (unpaired) electrons. The highest BCUT2D eigenvalue weighted by Gasteiger charge is 2.46. The zero-order valence-corrected chi connectivity index (χ0v) is 11.0. The largest absolute Gasteiger partial charge is 0.493 e. The molecule has 1 heterocycles. The summed E-state index contributed by atoms with van der Waals surface area (Å²) in [5.41, 5.74) is 0.371. The molecule has 18 heavy (non-hydrogen) atoms. The summed E-state index contributed by atoms with van der Waals surface area (Å²) in [5, 5.41) is 14.4. The molecule has 0 aliphatic heterocycles. The summed E-state index contributed by atoms with van der Waals surface area (Å²) in [6.07, 6.45) is 11.7. The van der Waals surface area contributed by atoms with Crippen LogP contribution in [0, 0.1) is 5.41 Å². The zero-order chi connectivity index (χ0) is 12.6. The monoisotopic (exact) mass is 250 g/mol. The Morgan fingerprint density at radius 3 is 2.83 bits per heavy atom. The number of nitrogens with zero attached hydrogens (tertiary/aromatic N) is 2. The molecule has 100 valence electrons. The molecular weight excluding hydrogens is 228 g/mol. The highest BCUT2D eigenvalue weighted by atomic mass is 16.5. The van der Waals surface area contributed by atoms with E-state index in [-0.39, 0.29) is 6.10 Å². The van der Waals surface area contributed by atoms with Gasteiger partial charge in [-0.2, -0.15) is 5.10 Å². The maximum absolute atomic E-state index is 9.98. The summed E-state index contributed by atoms with van der Waals surface area (Å²) in [5.74, 6) is 0.809. The van der Waals surface area contributed by atoms with E-state index in [0.29, 0.717) is 11.5 Å². The Hall–Kier alpha value is -1.03. The van der Waals surface area contributed by atoms with Gasteiger partial charge in [-0.25, -0.2) is 0 Å². The fourth-order valence-corrected chi connectivity index (χ4v) is 3.89. The summed E-state index contributed by atoms with van der Waals surface area (Å²) in [6, 6.07) is 0.340. The molecule has 1 aromatic rings. The molecule has 0 bridgehead atoms. The van der Waals surface area contributed by atoms with Crippen LogP contribution in [0.5, 0.6) is 5.75 Å². The molecule has 1 spiro atoms. The SMILES string of the molecule is COc1cnn(C2CC(O)CCC23CCCC3)c1. The average molecular weight is 250 g/mol. The quantitative estimate of drug-likeness (QED) is 0.877. The van der Waals surface area contributed by atoms with E-state index in [4.69, 9.17) is 4.74 Å². The van der Waals surface area contributed by atoms with Crippen molar-refractivity contribution < 1.29 is 9.84 Å². The van der Waals surface area contributed by atoms with Crippen molar-refractivity contribution in [1.82, 2.24) is 9.78 Å². The average Bonchev–Trinajstić information content (AvgIpc) is 3.03. The van der Waals surface area contributed by atoms with Crippen LogP contribution < -0.4 is 4.74 Å². The van der Waals surface area contributed by atoms with Gasteiger partial charge in [0.05, 0.1) is 31.6 Å². The maximum Gasteiger partial charge on any atom is 0.156 e. The topological polar surface area (TPSA) is 47.3 Å². The van der Waals surface area contributed by atoms with E-state index >= 15 is 0 Å². The third-order valence-corrected chi connectivity index (χ3v) is 4.91. The number of hydrogen-bond acceptors (Lipinski definition) is 3. The molecule has 3 rings (SSSR count). The lowest BCUT2D eigenvalue weighted by atomic mass is 9.68. The predicted octanol–water partition coefficient (Wildman–Crippen LogP) is 2.54. The number of hydrogen-bond donors (Lipinski definition) is 1. The Kier molecular flexibility index (Phi) is 3.06. The van der Waals surface area contributed by atoms with E-state index < -0.39 is 0 Å². The highest BCUT2D eigenvalue weighted by Crippen LogP contribution is 2.54. The first-order valence-electron chi connectivity index (χ1n) is 7.00. The second-order valence-electron chi connectivity index (χ2n) is 5.87. The minimum Gasteiger partial charge on any atom is -0.493 e. The van der Waals surface area contributed by atoms with Gasteiger partial charge in [-0.15, -0.1) is 0 Å². The van der Waals surface area contributed by atoms with E-state index in [9.17, 15) is 5.11 Å². The Morgan fingerprint density at radius 2 is 2.17 bits per heavy atom. The molecule has 4 nitrogen and oxygen atoms in total. The summed E-state index contributed by atoms with van der Waals surface area (Å²) >= 11 is 0. The first kappa shape index (κ1) is 12.0. The lowest BCUT2D eigenvalue weighted by molar-refractivity contribution is 0.0124. The second kappa shape index (κ2) is 4.57. The standard InChI is InChI=1S/C14H22N2O2/c1-18-12-9-15-16(10-12)13-8-11(17)4-7-14(13)5-2-3-6-14/h9-11,13,17H,2-8H2,1H3. The highest BCUT2D eigenvalue weighted by molar-refractivity contribution is 5.13. The first-order valence-corrected chi connectivity index (χ1v) is 7.00. The van der Waals surface area contributed by atoms with Crippen LogP contribution in [0.3, 0.4) is 0 Å². The van der Waals surface area contributed by atoms with E-state index in [1.807, 2.05) is 10.9 Å². The first-order chi connectivity index (χ1) is 8.73. The van der Waals surface area contributed by atoms with Crippen LogP contribution in [-0.4, -0.2) is 28.1 Å². The number of ether oxygens (including phenoxy) is 1.